The number of nitrogens with one attached hydrogen (secondary N) is 1. The fraction of sp³-hybridized carbons (Fsp3) is 0.471. The summed E-state index contributed by atoms with van der Waals surface area (Å²) in [6.45, 7) is 4.77. The Bertz CT molecular complexity index is 515. The van der Waals surface area contributed by atoms with Gasteiger partial charge in [-0.25, -0.2) is 0 Å². The van der Waals surface area contributed by atoms with Gasteiger partial charge in [0.05, 0.1) is 6.61 Å². The molecule has 0 unspecified atom stereocenters. The maximum Gasteiger partial charge on any atom is 0.250 e. The van der Waals surface area contributed by atoms with Crippen LogP contribution in [0.25, 0.3) is 0 Å². The number of anilines is 1. The third-order valence-corrected chi connectivity index (χ3v) is 2.81. The number of aliphatic hydroxyl groups excluding tert-OH is 1. The van der Waals surface area contributed by atoms with Crippen molar-refractivity contribution >= 4 is 11.6 Å². The summed E-state index contributed by atoms with van der Waals surface area (Å²) in [5.74, 6) is 5.74. The van der Waals surface area contributed by atoms with Crippen molar-refractivity contribution in [1.82, 2.24) is 0 Å². The van der Waals surface area contributed by atoms with Crippen LogP contribution in [0.15, 0.2) is 18.2 Å². The molecule has 0 fully saturated rings. The van der Waals surface area contributed by atoms with Gasteiger partial charge in [0.1, 0.15) is 6.61 Å². The first-order chi connectivity index (χ1) is 10.2. The average Bonchev–Trinajstić information content (AvgIpc) is 2.49. The summed E-state index contributed by atoms with van der Waals surface area (Å²) in [6, 6.07) is 5.69. The lowest BCUT2D eigenvalue weighted by molar-refractivity contribution is -0.120. The number of rotatable bonds is 7. The first-order valence-corrected chi connectivity index (χ1v) is 7.31. The van der Waals surface area contributed by atoms with Gasteiger partial charge in [-0.2, -0.15) is 0 Å². The van der Waals surface area contributed by atoms with Gasteiger partial charge in [-0.05, 0) is 36.6 Å². The number of hydrogen-bond donors (Lipinski definition) is 2. The van der Waals surface area contributed by atoms with E-state index in [1.807, 2.05) is 32.0 Å². The quantitative estimate of drug-likeness (QED) is 0.598. The fourth-order valence-electron chi connectivity index (χ4n) is 1.80. The summed E-state index contributed by atoms with van der Waals surface area (Å²) >= 11 is 0. The lowest BCUT2D eigenvalue weighted by Crippen LogP contribution is -2.19. The molecule has 4 nitrogen and oxygen atoms in total. The molecule has 0 saturated carbocycles. The lowest BCUT2D eigenvalue weighted by atomic mass is 10.1. The average molecular weight is 289 g/mol. The van der Waals surface area contributed by atoms with Crippen molar-refractivity contribution in [1.29, 1.82) is 0 Å². The molecule has 0 aliphatic rings. The molecule has 1 rings (SSSR count). The largest absolute Gasteiger partial charge is 0.395 e. The van der Waals surface area contributed by atoms with Crippen molar-refractivity contribution < 1.29 is 14.6 Å². The smallest absolute Gasteiger partial charge is 0.250 e. The molecule has 0 aromatic heterocycles. The van der Waals surface area contributed by atoms with E-state index in [0.29, 0.717) is 13.0 Å². The highest BCUT2D eigenvalue weighted by molar-refractivity contribution is 5.92. The molecule has 1 aromatic carbocycles. The minimum Gasteiger partial charge on any atom is -0.395 e. The normalized spacial score (nSPS) is 9.86. The van der Waals surface area contributed by atoms with Crippen LogP contribution in [0, 0.1) is 11.8 Å². The zero-order chi connectivity index (χ0) is 15.5. The van der Waals surface area contributed by atoms with Crippen molar-refractivity contribution in [3.63, 3.8) is 0 Å². The number of benzene rings is 1. The van der Waals surface area contributed by atoms with Gasteiger partial charge in [-0.3, -0.25) is 4.79 Å². The van der Waals surface area contributed by atoms with Crippen LogP contribution in [-0.4, -0.2) is 30.8 Å². The molecule has 0 bridgehead atoms. The molecule has 114 valence electrons. The highest BCUT2D eigenvalue weighted by Gasteiger charge is 2.06. The Hall–Kier alpha value is -1.83. The summed E-state index contributed by atoms with van der Waals surface area (Å²) in [5, 5.41) is 11.6. The molecular formula is C17H23NO3. The predicted octanol–water partition coefficient (Wildman–Crippen LogP) is 2.35. The van der Waals surface area contributed by atoms with Gasteiger partial charge in [0, 0.05) is 24.3 Å². The van der Waals surface area contributed by atoms with E-state index in [-0.39, 0.29) is 19.1 Å². The van der Waals surface area contributed by atoms with Crippen molar-refractivity contribution in [3.8, 4) is 11.8 Å². The molecule has 0 heterocycles. The number of amides is 1. The van der Waals surface area contributed by atoms with Crippen LogP contribution in [0.4, 0.5) is 5.69 Å². The molecule has 1 amide bonds. The maximum absolute atomic E-state index is 11.8. The van der Waals surface area contributed by atoms with E-state index < -0.39 is 0 Å². The molecule has 1 aromatic rings. The van der Waals surface area contributed by atoms with E-state index >= 15 is 0 Å². The van der Waals surface area contributed by atoms with Crippen LogP contribution in [0.5, 0.6) is 0 Å². The van der Waals surface area contributed by atoms with Crippen LogP contribution in [0.3, 0.4) is 0 Å². The topological polar surface area (TPSA) is 58.6 Å². The van der Waals surface area contributed by atoms with Crippen LogP contribution < -0.4 is 5.32 Å². The zero-order valence-corrected chi connectivity index (χ0v) is 12.7. The van der Waals surface area contributed by atoms with Gasteiger partial charge in [-0.1, -0.05) is 25.7 Å². The van der Waals surface area contributed by atoms with Crippen molar-refractivity contribution in [2.45, 2.75) is 33.1 Å². The summed E-state index contributed by atoms with van der Waals surface area (Å²) in [6.07, 6.45) is 2.17. The summed E-state index contributed by atoms with van der Waals surface area (Å²) in [4.78, 5) is 11.8. The standard InChI is InChI=1S/C17H23NO3/c1-3-11-21-13-17(20)18-16-9-8-14(7-5-6-10-19)12-15(16)4-2/h8-9,12,19H,3-4,6,10-11,13H2,1-2H3,(H,18,20). The number of aryl methyl sites for hydroxylation is 1. The minimum absolute atomic E-state index is 0.0690. The van der Waals surface area contributed by atoms with Crippen LogP contribution in [0.2, 0.25) is 0 Å². The van der Waals surface area contributed by atoms with Crippen LogP contribution in [0.1, 0.15) is 37.8 Å². The third-order valence-electron chi connectivity index (χ3n) is 2.81. The molecular weight excluding hydrogens is 266 g/mol. The van der Waals surface area contributed by atoms with Crippen molar-refractivity contribution in [2.24, 2.45) is 0 Å². The molecule has 21 heavy (non-hydrogen) atoms. The summed E-state index contributed by atoms with van der Waals surface area (Å²) < 4.78 is 5.22. The second-order valence-electron chi connectivity index (χ2n) is 4.60. The maximum atomic E-state index is 11.8. The second-order valence-corrected chi connectivity index (χ2v) is 4.60. The monoisotopic (exact) mass is 289 g/mol. The van der Waals surface area contributed by atoms with E-state index in [9.17, 15) is 4.79 Å². The summed E-state index contributed by atoms with van der Waals surface area (Å²) in [7, 11) is 0. The Morgan fingerprint density at radius 3 is 2.86 bits per heavy atom. The van der Waals surface area contributed by atoms with Gasteiger partial charge in [0.2, 0.25) is 5.91 Å². The van der Waals surface area contributed by atoms with Crippen molar-refractivity contribution in [2.75, 3.05) is 25.1 Å². The number of carbonyl (C=O) groups is 1. The highest BCUT2D eigenvalue weighted by Crippen LogP contribution is 2.18. The van der Waals surface area contributed by atoms with Crippen LogP contribution >= 0.6 is 0 Å². The minimum atomic E-state index is -0.141. The Morgan fingerprint density at radius 1 is 1.38 bits per heavy atom. The van der Waals surface area contributed by atoms with Crippen molar-refractivity contribution in [3.05, 3.63) is 29.3 Å². The molecule has 0 aliphatic heterocycles. The number of ether oxygens (including phenoxy) is 1. The highest BCUT2D eigenvalue weighted by atomic mass is 16.5. The Balaban J connectivity index is 2.70. The molecule has 0 atom stereocenters. The third kappa shape index (κ3) is 6.44. The van der Waals surface area contributed by atoms with Gasteiger partial charge < -0.3 is 15.2 Å². The SMILES string of the molecule is CCCOCC(=O)Nc1ccc(C#CCCO)cc1CC. The van der Waals surface area contributed by atoms with E-state index in [0.717, 1.165) is 29.7 Å². The molecule has 0 radical (unpaired) electrons. The Kier molecular flexibility index (Phi) is 8.18. The van der Waals surface area contributed by atoms with E-state index in [2.05, 4.69) is 17.2 Å². The number of carbonyl (C=O) groups excluding carboxylic acids is 1. The Labute approximate surface area is 126 Å². The van der Waals surface area contributed by atoms with E-state index in [1.165, 1.54) is 0 Å². The molecule has 0 aliphatic carbocycles. The van der Waals surface area contributed by atoms with Gasteiger partial charge in [0.25, 0.3) is 0 Å². The van der Waals surface area contributed by atoms with Crippen LogP contribution in [-0.2, 0) is 16.0 Å². The number of aliphatic hydroxyl groups is 1. The Morgan fingerprint density at radius 2 is 2.19 bits per heavy atom. The molecule has 0 saturated heterocycles. The second kappa shape index (κ2) is 9.98. The van der Waals surface area contributed by atoms with E-state index in [1.54, 1.807) is 0 Å². The predicted molar refractivity (Wildman–Crippen MR) is 84.1 cm³/mol. The lowest BCUT2D eigenvalue weighted by Gasteiger charge is -2.10. The van der Waals surface area contributed by atoms with E-state index in [4.69, 9.17) is 9.84 Å². The molecule has 4 heteroatoms. The first-order valence-electron chi connectivity index (χ1n) is 7.31. The summed E-state index contributed by atoms with van der Waals surface area (Å²) in [5.41, 5.74) is 2.73. The van der Waals surface area contributed by atoms with Gasteiger partial charge in [-0.15, -0.1) is 0 Å². The molecule has 0 spiro atoms. The molecule has 2 N–H and O–H groups in total. The number of hydrogen-bond acceptors (Lipinski definition) is 3. The van der Waals surface area contributed by atoms with Gasteiger partial charge in [0.15, 0.2) is 0 Å². The van der Waals surface area contributed by atoms with Gasteiger partial charge >= 0.3 is 0 Å². The first kappa shape index (κ1) is 17.2. The zero-order valence-electron chi connectivity index (χ0n) is 12.7. The fourth-order valence-corrected chi connectivity index (χ4v) is 1.80.